The van der Waals surface area contributed by atoms with Gasteiger partial charge in [0.15, 0.2) is 0 Å². The zero-order valence-corrected chi connectivity index (χ0v) is 11.4. The lowest BCUT2D eigenvalue weighted by atomic mass is 9.82. The summed E-state index contributed by atoms with van der Waals surface area (Å²) in [7, 11) is 1.65. The fraction of sp³-hybridized carbons (Fsp3) is 0.714. The number of nitrogens with zero attached hydrogens (tertiary/aromatic N) is 2. The van der Waals surface area contributed by atoms with E-state index in [2.05, 4.69) is 22.2 Å². The molecule has 1 saturated carbocycles. The first kappa shape index (κ1) is 13.3. The number of hydrogen-bond acceptors (Lipinski definition) is 4. The Bertz CT molecular complexity index is 364. The van der Waals surface area contributed by atoms with Crippen LogP contribution in [0.5, 0.6) is 5.88 Å². The summed E-state index contributed by atoms with van der Waals surface area (Å²) in [5, 5.41) is 3.57. The third kappa shape index (κ3) is 3.19. The number of aromatic nitrogens is 2. The van der Waals surface area contributed by atoms with Crippen molar-refractivity contribution in [3.8, 4) is 5.88 Å². The Hall–Kier alpha value is -1.16. The third-order valence-corrected chi connectivity index (χ3v) is 3.74. The lowest BCUT2D eigenvalue weighted by molar-refractivity contribution is 0.269. The van der Waals surface area contributed by atoms with Gasteiger partial charge in [0.2, 0.25) is 5.88 Å². The maximum atomic E-state index is 5.19. The van der Waals surface area contributed by atoms with Gasteiger partial charge in [-0.3, -0.25) is 0 Å². The van der Waals surface area contributed by atoms with Gasteiger partial charge in [-0.2, -0.15) is 0 Å². The van der Waals surface area contributed by atoms with E-state index in [1.807, 2.05) is 6.07 Å². The first-order chi connectivity index (χ1) is 8.85. The SMILES string of the molecule is CCNC(c1cc(OC)ncn1)C1CCCCC1. The predicted molar refractivity (Wildman–Crippen MR) is 71.6 cm³/mol. The molecule has 0 saturated heterocycles. The number of methoxy groups -OCH3 is 1. The summed E-state index contributed by atoms with van der Waals surface area (Å²) in [6.07, 6.45) is 8.25. The molecule has 2 rings (SSSR count). The van der Waals surface area contributed by atoms with E-state index in [4.69, 9.17) is 4.74 Å². The van der Waals surface area contributed by atoms with E-state index in [0.717, 1.165) is 12.2 Å². The first-order valence-corrected chi connectivity index (χ1v) is 6.94. The lowest BCUT2D eigenvalue weighted by Crippen LogP contribution is -2.30. The van der Waals surface area contributed by atoms with Crippen molar-refractivity contribution in [1.29, 1.82) is 0 Å². The van der Waals surface area contributed by atoms with E-state index < -0.39 is 0 Å². The fourth-order valence-electron chi connectivity index (χ4n) is 2.84. The van der Waals surface area contributed by atoms with Crippen LogP contribution in [0.15, 0.2) is 12.4 Å². The second kappa shape index (κ2) is 6.69. The van der Waals surface area contributed by atoms with Gasteiger partial charge in [-0.15, -0.1) is 0 Å². The Morgan fingerprint density at radius 1 is 1.33 bits per heavy atom. The van der Waals surface area contributed by atoms with Crippen molar-refractivity contribution in [3.63, 3.8) is 0 Å². The number of ether oxygens (including phenoxy) is 1. The van der Waals surface area contributed by atoms with E-state index in [0.29, 0.717) is 17.8 Å². The Labute approximate surface area is 109 Å². The van der Waals surface area contributed by atoms with Crippen molar-refractivity contribution >= 4 is 0 Å². The maximum absolute atomic E-state index is 5.19. The average molecular weight is 249 g/mol. The summed E-state index contributed by atoms with van der Waals surface area (Å²) >= 11 is 0. The highest BCUT2D eigenvalue weighted by Crippen LogP contribution is 2.34. The molecule has 1 aliphatic rings. The largest absolute Gasteiger partial charge is 0.481 e. The molecule has 1 heterocycles. The van der Waals surface area contributed by atoms with Crippen LogP contribution in [0.4, 0.5) is 0 Å². The van der Waals surface area contributed by atoms with E-state index in [9.17, 15) is 0 Å². The van der Waals surface area contributed by atoms with Crippen LogP contribution in [0.1, 0.15) is 50.8 Å². The molecule has 4 heteroatoms. The molecule has 1 unspecified atom stereocenters. The highest BCUT2D eigenvalue weighted by Gasteiger charge is 2.25. The summed E-state index contributed by atoms with van der Waals surface area (Å²) in [5.74, 6) is 1.34. The van der Waals surface area contributed by atoms with Crippen molar-refractivity contribution in [1.82, 2.24) is 15.3 Å². The van der Waals surface area contributed by atoms with Crippen molar-refractivity contribution in [3.05, 3.63) is 18.1 Å². The van der Waals surface area contributed by atoms with Crippen molar-refractivity contribution in [2.24, 2.45) is 5.92 Å². The Morgan fingerprint density at radius 3 is 2.78 bits per heavy atom. The van der Waals surface area contributed by atoms with Gasteiger partial charge in [-0.25, -0.2) is 9.97 Å². The average Bonchev–Trinajstić information content (AvgIpc) is 2.46. The molecule has 1 N–H and O–H groups in total. The highest BCUT2D eigenvalue weighted by atomic mass is 16.5. The van der Waals surface area contributed by atoms with Crippen molar-refractivity contribution in [2.75, 3.05) is 13.7 Å². The monoisotopic (exact) mass is 249 g/mol. The van der Waals surface area contributed by atoms with Gasteiger partial charge in [-0.05, 0) is 25.3 Å². The van der Waals surface area contributed by atoms with E-state index in [-0.39, 0.29) is 0 Å². The molecule has 0 aliphatic heterocycles. The molecule has 18 heavy (non-hydrogen) atoms. The van der Waals surface area contributed by atoms with Crippen LogP contribution in [0, 0.1) is 5.92 Å². The summed E-state index contributed by atoms with van der Waals surface area (Å²) in [6.45, 7) is 3.11. The second-order valence-corrected chi connectivity index (χ2v) is 4.92. The molecule has 100 valence electrons. The highest BCUT2D eigenvalue weighted by molar-refractivity contribution is 5.17. The van der Waals surface area contributed by atoms with Gasteiger partial charge in [0.25, 0.3) is 0 Å². The first-order valence-electron chi connectivity index (χ1n) is 6.94. The Balaban J connectivity index is 2.16. The molecule has 1 aromatic rings. The molecular weight excluding hydrogens is 226 g/mol. The number of hydrogen-bond donors (Lipinski definition) is 1. The Morgan fingerprint density at radius 2 is 2.11 bits per heavy atom. The molecule has 0 amide bonds. The molecule has 1 atom stereocenters. The second-order valence-electron chi connectivity index (χ2n) is 4.92. The predicted octanol–water partition coefficient (Wildman–Crippen LogP) is 2.72. The minimum absolute atomic E-state index is 0.340. The molecule has 0 radical (unpaired) electrons. The zero-order valence-electron chi connectivity index (χ0n) is 11.4. The molecule has 1 fully saturated rings. The molecule has 1 aromatic heterocycles. The van der Waals surface area contributed by atoms with E-state index in [1.54, 1.807) is 13.4 Å². The van der Waals surface area contributed by atoms with Gasteiger partial charge < -0.3 is 10.1 Å². The molecule has 0 aromatic carbocycles. The molecule has 0 bridgehead atoms. The lowest BCUT2D eigenvalue weighted by Gasteiger charge is -2.30. The van der Waals surface area contributed by atoms with Gasteiger partial charge in [-0.1, -0.05) is 26.2 Å². The minimum atomic E-state index is 0.340. The third-order valence-electron chi connectivity index (χ3n) is 3.74. The van der Waals surface area contributed by atoms with Crippen LogP contribution in [-0.2, 0) is 0 Å². The van der Waals surface area contributed by atoms with E-state index in [1.165, 1.54) is 32.1 Å². The van der Waals surface area contributed by atoms with Gasteiger partial charge in [0, 0.05) is 6.07 Å². The van der Waals surface area contributed by atoms with Crippen LogP contribution in [0.25, 0.3) is 0 Å². The summed E-state index contributed by atoms with van der Waals surface area (Å²) in [4.78, 5) is 8.51. The van der Waals surface area contributed by atoms with E-state index >= 15 is 0 Å². The molecule has 0 spiro atoms. The fourth-order valence-corrected chi connectivity index (χ4v) is 2.84. The topological polar surface area (TPSA) is 47.0 Å². The molecule has 4 nitrogen and oxygen atoms in total. The molecule has 1 aliphatic carbocycles. The van der Waals surface area contributed by atoms with Crippen molar-refractivity contribution in [2.45, 2.75) is 45.1 Å². The standard InChI is InChI=1S/C14H23N3O/c1-3-15-14(11-7-5-4-6-8-11)12-9-13(18-2)17-10-16-12/h9-11,14-15H,3-8H2,1-2H3. The van der Waals surface area contributed by atoms with Crippen molar-refractivity contribution < 1.29 is 4.74 Å². The van der Waals surface area contributed by atoms with Crippen LogP contribution in [0.3, 0.4) is 0 Å². The summed E-state index contributed by atoms with van der Waals surface area (Å²) < 4.78 is 5.19. The zero-order chi connectivity index (χ0) is 12.8. The van der Waals surface area contributed by atoms with Gasteiger partial charge >= 0.3 is 0 Å². The number of nitrogens with one attached hydrogen (secondary N) is 1. The summed E-state index contributed by atoms with van der Waals surface area (Å²) in [5.41, 5.74) is 1.07. The molecular formula is C14H23N3O. The van der Waals surface area contributed by atoms with Crippen LogP contribution >= 0.6 is 0 Å². The van der Waals surface area contributed by atoms with Crippen LogP contribution < -0.4 is 10.1 Å². The van der Waals surface area contributed by atoms with Crippen LogP contribution in [0.2, 0.25) is 0 Å². The van der Waals surface area contributed by atoms with Crippen LogP contribution in [-0.4, -0.2) is 23.6 Å². The number of rotatable bonds is 5. The van der Waals surface area contributed by atoms with Gasteiger partial charge in [0.05, 0.1) is 18.8 Å². The maximum Gasteiger partial charge on any atom is 0.216 e. The minimum Gasteiger partial charge on any atom is -0.481 e. The van der Waals surface area contributed by atoms with Gasteiger partial charge in [0.1, 0.15) is 6.33 Å². The Kier molecular flexibility index (Phi) is 4.93. The normalized spacial score (nSPS) is 18.6. The summed E-state index contributed by atoms with van der Waals surface area (Å²) in [6, 6.07) is 2.30. The quantitative estimate of drug-likeness (QED) is 0.871. The smallest absolute Gasteiger partial charge is 0.216 e.